The summed E-state index contributed by atoms with van der Waals surface area (Å²) in [6, 6.07) is 7.56. The summed E-state index contributed by atoms with van der Waals surface area (Å²) < 4.78 is 5.47. The minimum Gasteiger partial charge on any atom is -0.370 e. The van der Waals surface area contributed by atoms with Crippen molar-refractivity contribution in [3.8, 4) is 0 Å². The maximum Gasteiger partial charge on any atom is 0.151 e. The number of nitrogens with zero attached hydrogens (tertiary/aromatic N) is 2. The van der Waals surface area contributed by atoms with Gasteiger partial charge in [-0.3, -0.25) is 0 Å². The van der Waals surface area contributed by atoms with Crippen molar-refractivity contribution in [2.75, 3.05) is 0 Å². The van der Waals surface area contributed by atoms with Crippen LogP contribution in [0.15, 0.2) is 29.6 Å². The number of ether oxygens (including phenoxy) is 1. The van der Waals surface area contributed by atoms with Crippen LogP contribution in [0.5, 0.6) is 0 Å². The van der Waals surface area contributed by atoms with E-state index < -0.39 is 0 Å². The van der Waals surface area contributed by atoms with Crippen molar-refractivity contribution in [3.63, 3.8) is 0 Å². The molecule has 5 heteroatoms. The second-order valence-electron chi connectivity index (χ2n) is 2.92. The number of hydrogen-bond donors (Lipinski definition) is 0. The van der Waals surface area contributed by atoms with Crippen LogP contribution in [0.25, 0.3) is 0 Å². The third-order valence-electron chi connectivity index (χ3n) is 1.76. The molecule has 0 aliphatic heterocycles. The number of rotatable bonds is 4. The van der Waals surface area contributed by atoms with Crippen molar-refractivity contribution in [2.45, 2.75) is 13.2 Å². The van der Waals surface area contributed by atoms with Crippen molar-refractivity contribution >= 4 is 22.9 Å². The number of aromatic nitrogens is 2. The van der Waals surface area contributed by atoms with Crippen LogP contribution in [0.4, 0.5) is 0 Å². The van der Waals surface area contributed by atoms with Gasteiger partial charge in [0.1, 0.15) is 0 Å². The fourth-order valence-electron chi connectivity index (χ4n) is 1.07. The molecule has 0 aromatic carbocycles. The van der Waals surface area contributed by atoms with Crippen molar-refractivity contribution < 1.29 is 4.74 Å². The van der Waals surface area contributed by atoms with Crippen LogP contribution in [0.1, 0.15) is 10.6 Å². The SMILES string of the molecule is Clc1ccc(COCc2cccs2)nn1. The summed E-state index contributed by atoms with van der Waals surface area (Å²) >= 11 is 7.29. The van der Waals surface area contributed by atoms with Gasteiger partial charge in [-0.25, -0.2) is 0 Å². The lowest BCUT2D eigenvalue weighted by Crippen LogP contribution is -1.96. The number of thiophene rings is 1. The van der Waals surface area contributed by atoms with Gasteiger partial charge >= 0.3 is 0 Å². The van der Waals surface area contributed by atoms with Crippen LogP contribution in [0.2, 0.25) is 5.15 Å². The lowest BCUT2D eigenvalue weighted by Gasteiger charge is -2.00. The molecule has 0 saturated carbocycles. The molecule has 0 atom stereocenters. The topological polar surface area (TPSA) is 35.0 Å². The molecule has 0 bridgehead atoms. The van der Waals surface area contributed by atoms with E-state index in [9.17, 15) is 0 Å². The van der Waals surface area contributed by atoms with Gasteiger partial charge in [0.25, 0.3) is 0 Å². The summed E-state index contributed by atoms with van der Waals surface area (Å²) in [4.78, 5) is 1.21. The summed E-state index contributed by atoms with van der Waals surface area (Å²) in [7, 11) is 0. The first kappa shape index (κ1) is 10.5. The van der Waals surface area contributed by atoms with Crippen molar-refractivity contribution in [1.29, 1.82) is 0 Å². The molecular weight excluding hydrogens is 232 g/mol. The Morgan fingerprint density at radius 2 is 2.13 bits per heavy atom. The predicted molar refractivity (Wildman–Crippen MR) is 59.9 cm³/mol. The van der Waals surface area contributed by atoms with Gasteiger partial charge in [-0.2, -0.15) is 5.10 Å². The van der Waals surface area contributed by atoms with E-state index in [1.54, 1.807) is 17.4 Å². The van der Waals surface area contributed by atoms with E-state index >= 15 is 0 Å². The smallest absolute Gasteiger partial charge is 0.151 e. The molecule has 3 nitrogen and oxygen atoms in total. The predicted octanol–water partition coefficient (Wildman–Crippen LogP) is 2.91. The Bertz CT molecular complexity index is 402. The molecule has 2 heterocycles. The standard InChI is InChI=1S/C10H9ClN2OS/c11-10-4-3-8(12-13-10)6-14-7-9-2-1-5-15-9/h1-5H,6-7H2. The van der Waals surface area contributed by atoms with E-state index in [0.29, 0.717) is 18.4 Å². The number of hydrogen-bond acceptors (Lipinski definition) is 4. The fraction of sp³-hybridized carbons (Fsp3) is 0.200. The van der Waals surface area contributed by atoms with Crippen LogP contribution >= 0.6 is 22.9 Å². The second-order valence-corrected chi connectivity index (χ2v) is 4.34. The highest BCUT2D eigenvalue weighted by atomic mass is 35.5. The summed E-state index contributed by atoms with van der Waals surface area (Å²) in [5, 5.41) is 10.1. The highest BCUT2D eigenvalue weighted by Crippen LogP contribution is 2.11. The number of halogens is 1. The zero-order valence-electron chi connectivity index (χ0n) is 7.89. The lowest BCUT2D eigenvalue weighted by atomic mass is 10.4. The van der Waals surface area contributed by atoms with Gasteiger partial charge < -0.3 is 4.74 Å². The van der Waals surface area contributed by atoms with Crippen LogP contribution in [-0.4, -0.2) is 10.2 Å². The van der Waals surface area contributed by atoms with Gasteiger partial charge in [0.2, 0.25) is 0 Å². The molecule has 0 spiro atoms. The van der Waals surface area contributed by atoms with E-state index in [0.717, 1.165) is 5.69 Å². The van der Waals surface area contributed by atoms with Crippen LogP contribution in [-0.2, 0) is 18.0 Å². The van der Waals surface area contributed by atoms with Gasteiger partial charge in [-0.1, -0.05) is 17.7 Å². The molecule has 0 unspecified atom stereocenters. The molecular formula is C10H9ClN2OS. The first-order valence-corrected chi connectivity index (χ1v) is 5.68. The summed E-state index contributed by atoms with van der Waals surface area (Å²) in [5.74, 6) is 0. The first-order valence-electron chi connectivity index (χ1n) is 4.43. The Hall–Kier alpha value is -0.970. The fourth-order valence-corrected chi connectivity index (χ4v) is 1.81. The minimum absolute atomic E-state index is 0.400. The third kappa shape index (κ3) is 3.27. The van der Waals surface area contributed by atoms with Gasteiger partial charge in [-0.15, -0.1) is 16.4 Å². The third-order valence-corrected chi connectivity index (χ3v) is 2.81. The summed E-state index contributed by atoms with van der Waals surface area (Å²) in [6.07, 6.45) is 0. The van der Waals surface area contributed by atoms with Gasteiger partial charge in [-0.05, 0) is 23.6 Å². The quantitative estimate of drug-likeness (QED) is 0.824. The monoisotopic (exact) mass is 240 g/mol. The Labute approximate surface area is 96.7 Å². The first-order chi connectivity index (χ1) is 7.34. The van der Waals surface area contributed by atoms with Crippen molar-refractivity contribution in [1.82, 2.24) is 10.2 Å². The van der Waals surface area contributed by atoms with E-state index in [1.807, 2.05) is 23.6 Å². The van der Waals surface area contributed by atoms with E-state index in [1.165, 1.54) is 4.88 Å². The molecule has 0 saturated heterocycles. The van der Waals surface area contributed by atoms with Crippen molar-refractivity contribution in [3.05, 3.63) is 45.4 Å². The van der Waals surface area contributed by atoms with Gasteiger partial charge in [0.05, 0.1) is 18.9 Å². The van der Waals surface area contributed by atoms with Crippen LogP contribution in [0.3, 0.4) is 0 Å². The molecule has 0 aliphatic rings. The largest absolute Gasteiger partial charge is 0.370 e. The molecule has 0 fully saturated rings. The molecule has 0 amide bonds. The van der Waals surface area contributed by atoms with Gasteiger partial charge in [0.15, 0.2) is 5.15 Å². The highest BCUT2D eigenvalue weighted by molar-refractivity contribution is 7.09. The molecule has 2 aromatic heterocycles. The second kappa shape index (κ2) is 5.21. The average Bonchev–Trinajstić information content (AvgIpc) is 2.74. The summed E-state index contributed by atoms with van der Waals surface area (Å²) in [5.41, 5.74) is 0.788. The minimum atomic E-state index is 0.400. The lowest BCUT2D eigenvalue weighted by molar-refractivity contribution is 0.106. The molecule has 2 aromatic rings. The Morgan fingerprint density at radius 3 is 2.80 bits per heavy atom. The molecule has 2 rings (SSSR count). The zero-order chi connectivity index (χ0) is 10.5. The maximum absolute atomic E-state index is 5.61. The normalized spacial score (nSPS) is 10.5. The summed E-state index contributed by atoms with van der Waals surface area (Å²) in [6.45, 7) is 1.07. The molecule has 0 radical (unpaired) electrons. The van der Waals surface area contributed by atoms with E-state index in [2.05, 4.69) is 10.2 Å². The highest BCUT2D eigenvalue weighted by Gasteiger charge is 1.97. The van der Waals surface area contributed by atoms with E-state index in [-0.39, 0.29) is 0 Å². The zero-order valence-corrected chi connectivity index (χ0v) is 9.46. The molecule has 78 valence electrons. The van der Waals surface area contributed by atoms with Crippen LogP contribution < -0.4 is 0 Å². The van der Waals surface area contributed by atoms with Gasteiger partial charge in [0, 0.05) is 4.88 Å². The Kier molecular flexibility index (Phi) is 3.66. The average molecular weight is 241 g/mol. The van der Waals surface area contributed by atoms with Crippen LogP contribution in [0, 0.1) is 0 Å². The molecule has 0 aliphatic carbocycles. The molecule has 15 heavy (non-hydrogen) atoms. The van der Waals surface area contributed by atoms with Crippen molar-refractivity contribution in [2.24, 2.45) is 0 Å². The van der Waals surface area contributed by atoms with E-state index in [4.69, 9.17) is 16.3 Å². The Balaban J connectivity index is 1.81. The Morgan fingerprint density at radius 1 is 1.20 bits per heavy atom. The maximum atomic E-state index is 5.61. The molecule has 0 N–H and O–H groups in total.